The van der Waals surface area contributed by atoms with E-state index in [1.807, 2.05) is 31.2 Å². The monoisotopic (exact) mass is 531 g/mol. The van der Waals surface area contributed by atoms with Crippen molar-refractivity contribution >= 4 is 41.8 Å². The molecular weight excluding hydrogens is 497 g/mol. The van der Waals surface area contributed by atoms with Gasteiger partial charge in [0.2, 0.25) is 11.8 Å². The molecule has 1 aliphatic heterocycles. The van der Waals surface area contributed by atoms with Crippen molar-refractivity contribution in [2.75, 3.05) is 40.3 Å². The maximum Gasteiger partial charge on any atom is 0.242 e. The van der Waals surface area contributed by atoms with Gasteiger partial charge in [0.1, 0.15) is 12.3 Å². The smallest absolute Gasteiger partial charge is 0.242 e. The summed E-state index contributed by atoms with van der Waals surface area (Å²) in [6.07, 6.45) is 2.47. The Hall–Kier alpha value is -2.04. The molecule has 0 spiro atoms. The molecule has 0 radical (unpaired) electrons. The first kappa shape index (κ1) is 26.0. The summed E-state index contributed by atoms with van der Waals surface area (Å²) in [5.41, 5.74) is 1.01. The number of benzene rings is 1. The zero-order valence-electron chi connectivity index (χ0n) is 18.1. The topological polar surface area (TPSA) is 95.1 Å². The van der Waals surface area contributed by atoms with Crippen LogP contribution in [0, 0.1) is 5.92 Å². The lowest BCUT2D eigenvalue weighted by Gasteiger charge is -2.34. The molecule has 0 unspecified atom stereocenters. The fourth-order valence-electron chi connectivity index (χ4n) is 3.29. The van der Waals surface area contributed by atoms with Crippen molar-refractivity contribution in [1.82, 2.24) is 20.9 Å². The summed E-state index contributed by atoms with van der Waals surface area (Å²) >= 11 is 0. The number of hydrogen-bond acceptors (Lipinski definition) is 4. The summed E-state index contributed by atoms with van der Waals surface area (Å²) in [5, 5.41) is 8.85. The van der Waals surface area contributed by atoms with Crippen molar-refractivity contribution < 1.29 is 14.3 Å². The zero-order chi connectivity index (χ0) is 21.1. The molecule has 9 heteroatoms. The second-order valence-electron chi connectivity index (χ2n) is 7.10. The van der Waals surface area contributed by atoms with Gasteiger partial charge in [-0.25, -0.2) is 4.99 Å². The minimum Gasteiger partial charge on any atom is -0.497 e. The standard InChI is InChI=1S/C21H33N5O3.HI/c1-4-23-21(26-11-9-16(10-12-26)13-19(27)22-2)25-15-20(28)24-14-17-5-7-18(29-3)8-6-17;/h5-8,16H,4,9-15H2,1-3H3,(H,22,27)(H,23,25)(H,24,28);1H. The molecule has 168 valence electrons. The van der Waals surface area contributed by atoms with E-state index >= 15 is 0 Å². The summed E-state index contributed by atoms with van der Waals surface area (Å²) in [6.45, 7) is 4.96. The Balaban J connectivity index is 0.00000450. The molecule has 1 aromatic rings. The van der Waals surface area contributed by atoms with E-state index in [0.717, 1.165) is 49.7 Å². The Morgan fingerprint density at radius 1 is 1.13 bits per heavy atom. The van der Waals surface area contributed by atoms with E-state index in [1.165, 1.54) is 0 Å². The van der Waals surface area contributed by atoms with Gasteiger partial charge >= 0.3 is 0 Å². The molecule has 2 rings (SSSR count). The number of carbonyl (C=O) groups is 2. The summed E-state index contributed by atoms with van der Waals surface area (Å²) in [4.78, 5) is 30.4. The Morgan fingerprint density at radius 3 is 2.37 bits per heavy atom. The molecule has 3 N–H and O–H groups in total. The molecule has 30 heavy (non-hydrogen) atoms. The molecule has 1 saturated heterocycles. The van der Waals surface area contributed by atoms with E-state index in [4.69, 9.17) is 4.74 Å². The number of carbonyl (C=O) groups excluding carboxylic acids is 2. The van der Waals surface area contributed by atoms with Crippen molar-refractivity contribution in [1.29, 1.82) is 0 Å². The minimum absolute atomic E-state index is 0. The van der Waals surface area contributed by atoms with Crippen LogP contribution in [0.5, 0.6) is 5.75 Å². The lowest BCUT2D eigenvalue weighted by molar-refractivity contribution is -0.122. The van der Waals surface area contributed by atoms with Crippen molar-refractivity contribution in [3.8, 4) is 5.75 Å². The Kier molecular flexibility index (Phi) is 12.2. The van der Waals surface area contributed by atoms with Crippen LogP contribution in [-0.2, 0) is 16.1 Å². The third kappa shape index (κ3) is 8.76. The predicted molar refractivity (Wildman–Crippen MR) is 129 cm³/mol. The summed E-state index contributed by atoms with van der Waals surface area (Å²) in [5.74, 6) is 1.93. The first-order valence-electron chi connectivity index (χ1n) is 10.2. The van der Waals surface area contributed by atoms with Crippen LogP contribution < -0.4 is 20.7 Å². The van der Waals surface area contributed by atoms with Crippen LogP contribution in [0.3, 0.4) is 0 Å². The van der Waals surface area contributed by atoms with Crippen LogP contribution in [0.15, 0.2) is 29.3 Å². The summed E-state index contributed by atoms with van der Waals surface area (Å²) < 4.78 is 5.13. The van der Waals surface area contributed by atoms with Gasteiger partial charge in [0.05, 0.1) is 7.11 Å². The van der Waals surface area contributed by atoms with E-state index in [1.54, 1.807) is 14.2 Å². The predicted octanol–water partition coefficient (Wildman–Crippen LogP) is 1.74. The number of rotatable bonds is 8. The van der Waals surface area contributed by atoms with Crippen LogP contribution in [0.4, 0.5) is 0 Å². The highest BCUT2D eigenvalue weighted by molar-refractivity contribution is 14.0. The van der Waals surface area contributed by atoms with Crippen LogP contribution in [-0.4, -0.2) is 63.0 Å². The summed E-state index contributed by atoms with van der Waals surface area (Å²) in [7, 11) is 3.30. The fourth-order valence-corrected chi connectivity index (χ4v) is 3.29. The van der Waals surface area contributed by atoms with Gasteiger partial charge in [-0.2, -0.15) is 0 Å². The molecule has 0 aliphatic carbocycles. The van der Waals surface area contributed by atoms with Gasteiger partial charge in [-0.1, -0.05) is 12.1 Å². The van der Waals surface area contributed by atoms with E-state index in [2.05, 4.69) is 25.8 Å². The molecule has 0 aromatic heterocycles. The second kappa shape index (κ2) is 14.1. The van der Waals surface area contributed by atoms with Gasteiger partial charge in [0.15, 0.2) is 5.96 Å². The van der Waals surface area contributed by atoms with Crippen molar-refractivity contribution in [3.63, 3.8) is 0 Å². The number of methoxy groups -OCH3 is 1. The molecule has 2 amide bonds. The maximum atomic E-state index is 12.2. The number of nitrogens with one attached hydrogen (secondary N) is 3. The molecule has 0 atom stereocenters. The van der Waals surface area contributed by atoms with Crippen molar-refractivity contribution in [3.05, 3.63) is 29.8 Å². The highest BCUT2D eigenvalue weighted by atomic mass is 127. The number of aliphatic imine (C=N–C) groups is 1. The van der Waals surface area contributed by atoms with Crippen molar-refractivity contribution in [2.24, 2.45) is 10.9 Å². The Bertz CT molecular complexity index is 688. The number of halogens is 1. The molecule has 0 saturated carbocycles. The number of guanidine groups is 1. The third-order valence-electron chi connectivity index (χ3n) is 5.02. The molecule has 8 nitrogen and oxygen atoms in total. The first-order chi connectivity index (χ1) is 14.0. The highest BCUT2D eigenvalue weighted by Gasteiger charge is 2.23. The molecule has 1 fully saturated rings. The van der Waals surface area contributed by atoms with Gasteiger partial charge in [0, 0.05) is 39.6 Å². The highest BCUT2D eigenvalue weighted by Crippen LogP contribution is 2.20. The van der Waals surface area contributed by atoms with Crippen LogP contribution in [0.1, 0.15) is 31.7 Å². The zero-order valence-corrected chi connectivity index (χ0v) is 20.4. The van der Waals surface area contributed by atoms with Gasteiger partial charge < -0.3 is 25.6 Å². The largest absolute Gasteiger partial charge is 0.497 e. The quantitative estimate of drug-likeness (QED) is 0.270. The Morgan fingerprint density at radius 2 is 1.80 bits per heavy atom. The van der Waals surface area contributed by atoms with Crippen LogP contribution in [0.25, 0.3) is 0 Å². The molecule has 0 bridgehead atoms. The average molecular weight is 531 g/mol. The number of ether oxygens (including phenoxy) is 1. The van der Waals surface area contributed by atoms with Crippen LogP contribution >= 0.6 is 24.0 Å². The number of hydrogen-bond donors (Lipinski definition) is 3. The molecule has 1 heterocycles. The van der Waals surface area contributed by atoms with Gasteiger partial charge in [0.25, 0.3) is 0 Å². The number of piperidine rings is 1. The minimum atomic E-state index is -0.120. The Labute approximate surface area is 196 Å². The van der Waals surface area contributed by atoms with Gasteiger partial charge in [-0.3, -0.25) is 9.59 Å². The van der Waals surface area contributed by atoms with Gasteiger partial charge in [-0.05, 0) is 43.4 Å². The number of amides is 2. The number of likely N-dealkylation sites (tertiary alicyclic amines) is 1. The normalized spacial score (nSPS) is 14.5. The lowest BCUT2D eigenvalue weighted by atomic mass is 9.93. The molecule has 1 aliphatic rings. The van der Waals surface area contributed by atoms with Crippen molar-refractivity contribution in [2.45, 2.75) is 32.7 Å². The number of nitrogens with zero attached hydrogens (tertiary/aromatic N) is 2. The molecule has 1 aromatic carbocycles. The summed E-state index contributed by atoms with van der Waals surface area (Å²) in [6, 6.07) is 7.60. The molecular formula is C21H34IN5O3. The van der Waals surface area contributed by atoms with E-state index in [-0.39, 0.29) is 42.3 Å². The van der Waals surface area contributed by atoms with Gasteiger partial charge in [-0.15, -0.1) is 24.0 Å². The van der Waals surface area contributed by atoms with E-state index in [9.17, 15) is 9.59 Å². The SMILES string of the molecule is CCNC(=NCC(=O)NCc1ccc(OC)cc1)N1CCC(CC(=O)NC)CC1.I. The van der Waals surface area contributed by atoms with E-state index < -0.39 is 0 Å². The first-order valence-corrected chi connectivity index (χ1v) is 10.2. The maximum absolute atomic E-state index is 12.2. The van der Waals surface area contributed by atoms with E-state index in [0.29, 0.717) is 18.9 Å². The third-order valence-corrected chi connectivity index (χ3v) is 5.02. The van der Waals surface area contributed by atoms with Crippen LogP contribution in [0.2, 0.25) is 0 Å². The fraction of sp³-hybridized carbons (Fsp3) is 0.571. The second-order valence-corrected chi connectivity index (χ2v) is 7.10. The lowest BCUT2D eigenvalue weighted by Crippen LogP contribution is -2.46. The average Bonchev–Trinajstić information content (AvgIpc) is 2.76.